The van der Waals surface area contributed by atoms with Crippen molar-refractivity contribution in [3.63, 3.8) is 0 Å². The lowest BCUT2D eigenvalue weighted by Crippen LogP contribution is -2.37. The summed E-state index contributed by atoms with van der Waals surface area (Å²) >= 11 is 1.52. The van der Waals surface area contributed by atoms with Gasteiger partial charge in [-0.3, -0.25) is 0 Å². The number of hydrogen-bond donors (Lipinski definition) is 2. The van der Waals surface area contributed by atoms with Crippen molar-refractivity contribution in [3.8, 4) is 0 Å². The van der Waals surface area contributed by atoms with Crippen molar-refractivity contribution < 1.29 is 8.42 Å². The summed E-state index contributed by atoms with van der Waals surface area (Å²) in [7, 11) is -1.57. The van der Waals surface area contributed by atoms with E-state index in [0.29, 0.717) is 23.9 Å². The van der Waals surface area contributed by atoms with Gasteiger partial charge >= 0.3 is 0 Å². The van der Waals surface area contributed by atoms with Gasteiger partial charge in [-0.2, -0.15) is 0 Å². The van der Waals surface area contributed by atoms with Gasteiger partial charge in [-0.1, -0.05) is 27.7 Å². The minimum absolute atomic E-state index is 0.0647. The van der Waals surface area contributed by atoms with Crippen LogP contribution in [0, 0.1) is 18.3 Å². The van der Waals surface area contributed by atoms with E-state index in [0.717, 1.165) is 9.75 Å². The third kappa shape index (κ3) is 4.28. The molecular formula is C14H26N2O2S2. The van der Waals surface area contributed by atoms with Crippen LogP contribution in [0.25, 0.3) is 0 Å². The second-order valence-corrected chi connectivity index (χ2v) is 9.21. The zero-order chi connectivity index (χ0) is 15.6. The Bertz CT molecular complexity index is 546. The van der Waals surface area contributed by atoms with E-state index in [1.807, 2.05) is 14.0 Å². The molecule has 0 aliphatic heterocycles. The molecule has 2 N–H and O–H groups in total. The van der Waals surface area contributed by atoms with Crippen LogP contribution in [0.5, 0.6) is 0 Å². The van der Waals surface area contributed by atoms with Gasteiger partial charge in [-0.15, -0.1) is 11.3 Å². The molecule has 0 radical (unpaired) electrons. The Morgan fingerprint density at radius 2 is 1.95 bits per heavy atom. The molecule has 0 saturated carbocycles. The molecule has 0 unspecified atom stereocenters. The highest BCUT2D eigenvalue weighted by molar-refractivity contribution is 7.89. The first-order valence-electron chi connectivity index (χ1n) is 6.83. The number of hydrogen-bond acceptors (Lipinski definition) is 4. The Labute approximate surface area is 127 Å². The van der Waals surface area contributed by atoms with Crippen LogP contribution < -0.4 is 10.0 Å². The standard InChI is InChI=1S/C14H26N2O2S2/c1-10(2)14(4,5)9-16-20(17,18)13-7-12(8-15-6)19-11(13)3/h7,10,15-16H,8-9H2,1-6H3. The van der Waals surface area contributed by atoms with Crippen molar-refractivity contribution in [2.45, 2.75) is 46.1 Å². The molecule has 0 saturated heterocycles. The lowest BCUT2D eigenvalue weighted by atomic mass is 9.81. The third-order valence-electron chi connectivity index (χ3n) is 3.84. The molecule has 1 aromatic heterocycles. The molecule has 0 spiro atoms. The Morgan fingerprint density at radius 1 is 1.35 bits per heavy atom. The summed E-state index contributed by atoms with van der Waals surface area (Å²) in [6.07, 6.45) is 0. The molecule has 1 aromatic rings. The molecule has 0 aromatic carbocycles. The van der Waals surface area contributed by atoms with Crippen molar-refractivity contribution in [2.75, 3.05) is 13.6 Å². The monoisotopic (exact) mass is 318 g/mol. The van der Waals surface area contributed by atoms with Gasteiger partial charge in [0.25, 0.3) is 0 Å². The number of sulfonamides is 1. The molecule has 6 heteroatoms. The number of thiophene rings is 1. The van der Waals surface area contributed by atoms with Crippen LogP contribution in [0.1, 0.15) is 37.4 Å². The molecule has 116 valence electrons. The third-order valence-corrected chi connectivity index (χ3v) is 6.55. The predicted octanol–water partition coefficient (Wildman–Crippen LogP) is 2.74. The van der Waals surface area contributed by atoms with Crippen LogP contribution >= 0.6 is 11.3 Å². The Kier molecular flexibility index (Phi) is 5.78. The van der Waals surface area contributed by atoms with Gasteiger partial charge in [0.1, 0.15) is 0 Å². The molecule has 0 bridgehead atoms. The summed E-state index contributed by atoms with van der Waals surface area (Å²) in [5.74, 6) is 0.411. The maximum Gasteiger partial charge on any atom is 0.241 e. The Morgan fingerprint density at radius 3 is 2.45 bits per heavy atom. The molecule has 0 atom stereocenters. The highest BCUT2D eigenvalue weighted by Crippen LogP contribution is 2.28. The number of rotatable bonds is 7. The van der Waals surface area contributed by atoms with Gasteiger partial charge in [0.05, 0.1) is 4.90 Å². The number of nitrogens with one attached hydrogen (secondary N) is 2. The highest BCUT2D eigenvalue weighted by atomic mass is 32.2. The van der Waals surface area contributed by atoms with Crippen LogP contribution in [0.3, 0.4) is 0 Å². The summed E-state index contributed by atoms with van der Waals surface area (Å²) in [5, 5.41) is 3.04. The van der Waals surface area contributed by atoms with Gasteiger partial charge in [0.15, 0.2) is 0 Å². The predicted molar refractivity (Wildman–Crippen MR) is 85.6 cm³/mol. The molecule has 0 amide bonds. The average Bonchev–Trinajstić information content (AvgIpc) is 2.69. The quantitative estimate of drug-likeness (QED) is 0.813. The Balaban J connectivity index is 2.89. The van der Waals surface area contributed by atoms with E-state index in [9.17, 15) is 8.42 Å². The fraction of sp³-hybridized carbons (Fsp3) is 0.714. The number of aryl methyl sites for hydroxylation is 1. The lowest BCUT2D eigenvalue weighted by Gasteiger charge is -2.29. The molecule has 0 aliphatic carbocycles. The van der Waals surface area contributed by atoms with Crippen molar-refractivity contribution >= 4 is 21.4 Å². The van der Waals surface area contributed by atoms with Crippen LogP contribution in [0.4, 0.5) is 0 Å². The summed E-state index contributed by atoms with van der Waals surface area (Å²) in [6, 6.07) is 1.77. The van der Waals surface area contributed by atoms with E-state index in [2.05, 4.69) is 37.7 Å². The molecule has 1 rings (SSSR count). The first-order valence-corrected chi connectivity index (χ1v) is 9.13. The second kappa shape index (κ2) is 6.56. The smallest absolute Gasteiger partial charge is 0.241 e. The van der Waals surface area contributed by atoms with E-state index in [4.69, 9.17) is 0 Å². The molecule has 4 nitrogen and oxygen atoms in total. The topological polar surface area (TPSA) is 58.2 Å². The van der Waals surface area contributed by atoms with E-state index < -0.39 is 10.0 Å². The molecule has 0 aliphatic rings. The van der Waals surface area contributed by atoms with Gasteiger partial charge in [-0.25, -0.2) is 13.1 Å². The average molecular weight is 319 g/mol. The molecule has 20 heavy (non-hydrogen) atoms. The van der Waals surface area contributed by atoms with E-state index in [1.165, 1.54) is 11.3 Å². The zero-order valence-electron chi connectivity index (χ0n) is 13.2. The van der Waals surface area contributed by atoms with Crippen LogP contribution in [-0.2, 0) is 16.6 Å². The highest BCUT2D eigenvalue weighted by Gasteiger charge is 2.26. The first-order chi connectivity index (χ1) is 9.10. The molecule has 0 fully saturated rings. The maximum atomic E-state index is 12.4. The van der Waals surface area contributed by atoms with Crippen LogP contribution in [0.2, 0.25) is 0 Å². The first kappa shape index (κ1) is 17.6. The van der Waals surface area contributed by atoms with Crippen LogP contribution in [-0.4, -0.2) is 22.0 Å². The SMILES string of the molecule is CNCc1cc(S(=O)(=O)NCC(C)(C)C(C)C)c(C)s1. The van der Waals surface area contributed by atoms with E-state index in [-0.39, 0.29) is 5.41 Å². The summed E-state index contributed by atoms with van der Waals surface area (Å²) < 4.78 is 27.6. The van der Waals surface area contributed by atoms with Crippen LogP contribution in [0.15, 0.2) is 11.0 Å². The minimum Gasteiger partial charge on any atom is -0.315 e. The lowest BCUT2D eigenvalue weighted by molar-refractivity contribution is 0.252. The summed E-state index contributed by atoms with van der Waals surface area (Å²) in [5.41, 5.74) is -0.0647. The Hall–Kier alpha value is -0.430. The van der Waals surface area contributed by atoms with Crippen molar-refractivity contribution in [1.82, 2.24) is 10.0 Å². The minimum atomic E-state index is -3.42. The normalized spacial score (nSPS) is 13.2. The fourth-order valence-electron chi connectivity index (χ4n) is 1.62. The molecular weight excluding hydrogens is 292 g/mol. The van der Waals surface area contributed by atoms with Crippen molar-refractivity contribution in [1.29, 1.82) is 0 Å². The maximum absolute atomic E-state index is 12.4. The van der Waals surface area contributed by atoms with E-state index >= 15 is 0 Å². The van der Waals surface area contributed by atoms with Gasteiger partial charge in [-0.05, 0) is 31.4 Å². The van der Waals surface area contributed by atoms with Gasteiger partial charge in [0.2, 0.25) is 10.0 Å². The second-order valence-electron chi connectivity index (χ2n) is 6.13. The van der Waals surface area contributed by atoms with E-state index in [1.54, 1.807) is 6.07 Å². The van der Waals surface area contributed by atoms with Gasteiger partial charge < -0.3 is 5.32 Å². The molecule has 1 heterocycles. The van der Waals surface area contributed by atoms with Crippen molar-refractivity contribution in [3.05, 3.63) is 15.8 Å². The zero-order valence-corrected chi connectivity index (χ0v) is 14.8. The summed E-state index contributed by atoms with van der Waals surface area (Å²) in [4.78, 5) is 2.28. The fourth-order valence-corrected chi connectivity index (χ4v) is 4.48. The summed E-state index contributed by atoms with van der Waals surface area (Å²) in [6.45, 7) is 11.4. The van der Waals surface area contributed by atoms with Gasteiger partial charge in [0, 0.05) is 22.8 Å². The van der Waals surface area contributed by atoms with Crippen molar-refractivity contribution in [2.24, 2.45) is 11.3 Å². The largest absolute Gasteiger partial charge is 0.315 e.